The molecule has 4 heteroatoms. The number of amides is 1. The quantitative estimate of drug-likeness (QED) is 0.864. The van der Waals surface area contributed by atoms with Crippen molar-refractivity contribution in [1.82, 2.24) is 4.90 Å². The van der Waals surface area contributed by atoms with Crippen LogP contribution in [0.3, 0.4) is 0 Å². The number of carbonyl (C=O) groups is 1. The highest BCUT2D eigenvalue weighted by molar-refractivity contribution is 5.92. The second kappa shape index (κ2) is 5.21. The van der Waals surface area contributed by atoms with E-state index in [1.54, 1.807) is 6.08 Å². The highest BCUT2D eigenvalue weighted by atomic mass is 16.5. The summed E-state index contributed by atoms with van der Waals surface area (Å²) >= 11 is 0. The summed E-state index contributed by atoms with van der Waals surface area (Å²) in [6.45, 7) is 1.54. The molecule has 1 amide bonds. The predicted octanol–water partition coefficient (Wildman–Crippen LogP) is 1.70. The summed E-state index contributed by atoms with van der Waals surface area (Å²) in [6, 6.07) is 9.84. The Labute approximate surface area is 130 Å². The number of aliphatic hydroxyl groups excluding tert-OH is 1. The van der Waals surface area contributed by atoms with E-state index in [9.17, 15) is 9.90 Å². The van der Waals surface area contributed by atoms with Gasteiger partial charge in [-0.3, -0.25) is 4.79 Å². The summed E-state index contributed by atoms with van der Waals surface area (Å²) in [7, 11) is 0. The summed E-state index contributed by atoms with van der Waals surface area (Å²) in [4.78, 5) is 14.3. The van der Waals surface area contributed by atoms with Crippen LogP contribution in [0.25, 0.3) is 6.08 Å². The van der Waals surface area contributed by atoms with Crippen molar-refractivity contribution in [3.8, 4) is 0 Å². The van der Waals surface area contributed by atoms with Gasteiger partial charge in [-0.2, -0.15) is 0 Å². The lowest BCUT2D eigenvalue weighted by atomic mass is 9.74. The van der Waals surface area contributed by atoms with E-state index < -0.39 is 0 Å². The molecule has 4 atom stereocenters. The molecule has 3 saturated heterocycles. The van der Waals surface area contributed by atoms with Gasteiger partial charge in [0.05, 0.1) is 18.2 Å². The number of ether oxygens (including phenoxy) is 1. The predicted molar refractivity (Wildman–Crippen MR) is 83.0 cm³/mol. The molecule has 3 aliphatic rings. The van der Waals surface area contributed by atoms with Crippen LogP contribution >= 0.6 is 0 Å². The van der Waals surface area contributed by atoms with Crippen LogP contribution in [-0.4, -0.2) is 47.3 Å². The normalized spacial score (nSPS) is 36.2. The molecule has 3 fully saturated rings. The summed E-state index contributed by atoms with van der Waals surface area (Å²) < 4.78 is 6.15. The Balaban J connectivity index is 1.47. The Morgan fingerprint density at radius 2 is 2.23 bits per heavy atom. The average molecular weight is 299 g/mol. The van der Waals surface area contributed by atoms with E-state index in [-0.39, 0.29) is 30.1 Å². The van der Waals surface area contributed by atoms with Gasteiger partial charge in [-0.05, 0) is 24.5 Å². The number of hydrogen-bond donors (Lipinski definition) is 1. The lowest BCUT2D eigenvalue weighted by Gasteiger charge is -2.27. The van der Waals surface area contributed by atoms with Gasteiger partial charge >= 0.3 is 0 Å². The van der Waals surface area contributed by atoms with Gasteiger partial charge in [-0.25, -0.2) is 0 Å². The molecule has 4 rings (SSSR count). The monoisotopic (exact) mass is 299 g/mol. The first-order chi connectivity index (χ1) is 10.7. The summed E-state index contributed by atoms with van der Waals surface area (Å²) in [5.41, 5.74) is 0.840. The van der Waals surface area contributed by atoms with Crippen molar-refractivity contribution in [2.75, 3.05) is 19.7 Å². The first kappa shape index (κ1) is 14.0. The van der Waals surface area contributed by atoms with Gasteiger partial charge in [-0.1, -0.05) is 30.3 Å². The zero-order chi connectivity index (χ0) is 15.2. The van der Waals surface area contributed by atoms with Gasteiger partial charge in [0.1, 0.15) is 0 Å². The zero-order valence-electron chi connectivity index (χ0n) is 12.5. The second-order valence-electron chi connectivity index (χ2n) is 6.68. The molecule has 0 radical (unpaired) electrons. The Hall–Kier alpha value is -1.65. The number of nitrogens with zero attached hydrogens (tertiary/aromatic N) is 1. The molecular weight excluding hydrogens is 278 g/mol. The van der Waals surface area contributed by atoms with Crippen molar-refractivity contribution in [2.45, 2.75) is 24.5 Å². The molecule has 3 aliphatic heterocycles. The number of hydrogen-bond acceptors (Lipinski definition) is 3. The molecule has 116 valence electrons. The number of rotatable bonds is 3. The van der Waals surface area contributed by atoms with E-state index in [4.69, 9.17) is 4.74 Å². The standard InChI is InChI=1S/C18H21NO3/c20-11-14-15-10-19(12-18(15)9-8-16(14)22-18)17(21)7-6-13-4-2-1-3-5-13/h1-7,14-16,20H,8-12H2/t14-,15+,16+,18+/m1/s1. The Morgan fingerprint density at radius 3 is 3.00 bits per heavy atom. The van der Waals surface area contributed by atoms with Gasteiger partial charge in [0.25, 0.3) is 0 Å². The minimum atomic E-state index is -0.186. The highest BCUT2D eigenvalue weighted by Gasteiger charge is 2.63. The van der Waals surface area contributed by atoms with Gasteiger partial charge in [0.15, 0.2) is 0 Å². The van der Waals surface area contributed by atoms with Gasteiger partial charge in [-0.15, -0.1) is 0 Å². The SMILES string of the molecule is O=C(C=Cc1ccccc1)N1C[C@H]2[C@@H](CO)[C@@H]3CC[C@@]2(C1)O3. The largest absolute Gasteiger partial charge is 0.396 e. The lowest BCUT2D eigenvalue weighted by Crippen LogP contribution is -2.38. The van der Waals surface area contributed by atoms with Crippen LogP contribution in [0.15, 0.2) is 36.4 Å². The molecule has 0 aromatic heterocycles. The zero-order valence-corrected chi connectivity index (χ0v) is 12.5. The van der Waals surface area contributed by atoms with Crippen molar-refractivity contribution < 1.29 is 14.6 Å². The fraction of sp³-hybridized carbons (Fsp3) is 0.500. The van der Waals surface area contributed by atoms with Crippen LogP contribution in [0.4, 0.5) is 0 Å². The van der Waals surface area contributed by atoms with Crippen molar-refractivity contribution in [3.05, 3.63) is 42.0 Å². The first-order valence-electron chi connectivity index (χ1n) is 8.02. The summed E-state index contributed by atoms with van der Waals surface area (Å²) in [6.07, 6.45) is 5.74. The van der Waals surface area contributed by atoms with Crippen LogP contribution in [0.1, 0.15) is 18.4 Å². The smallest absolute Gasteiger partial charge is 0.246 e. The Bertz CT molecular complexity index is 600. The highest BCUT2D eigenvalue weighted by Crippen LogP contribution is 2.54. The van der Waals surface area contributed by atoms with E-state index in [2.05, 4.69) is 0 Å². The van der Waals surface area contributed by atoms with Crippen molar-refractivity contribution in [2.24, 2.45) is 11.8 Å². The molecule has 0 unspecified atom stereocenters. The van der Waals surface area contributed by atoms with Gasteiger partial charge < -0.3 is 14.7 Å². The molecule has 2 bridgehead atoms. The van der Waals surface area contributed by atoms with Gasteiger partial charge in [0, 0.05) is 31.1 Å². The fourth-order valence-electron chi connectivity index (χ4n) is 4.44. The maximum Gasteiger partial charge on any atom is 0.246 e. The molecule has 22 heavy (non-hydrogen) atoms. The maximum absolute atomic E-state index is 12.4. The van der Waals surface area contributed by atoms with Crippen molar-refractivity contribution >= 4 is 12.0 Å². The number of benzene rings is 1. The molecule has 1 spiro atoms. The topological polar surface area (TPSA) is 49.8 Å². The minimum Gasteiger partial charge on any atom is -0.396 e. The lowest BCUT2D eigenvalue weighted by molar-refractivity contribution is -0.126. The molecule has 0 aliphatic carbocycles. The molecule has 1 aromatic rings. The van der Waals surface area contributed by atoms with Crippen LogP contribution in [-0.2, 0) is 9.53 Å². The molecule has 1 aromatic carbocycles. The number of aliphatic hydroxyl groups is 1. The maximum atomic E-state index is 12.4. The second-order valence-corrected chi connectivity index (χ2v) is 6.68. The van der Waals surface area contributed by atoms with E-state index in [1.807, 2.05) is 41.3 Å². The van der Waals surface area contributed by atoms with E-state index >= 15 is 0 Å². The van der Waals surface area contributed by atoms with Crippen molar-refractivity contribution in [1.29, 1.82) is 0 Å². The molecule has 4 nitrogen and oxygen atoms in total. The number of likely N-dealkylation sites (tertiary alicyclic amines) is 1. The summed E-state index contributed by atoms with van der Waals surface area (Å²) in [5, 5.41) is 9.61. The Kier molecular flexibility index (Phi) is 3.31. The third kappa shape index (κ3) is 2.09. The van der Waals surface area contributed by atoms with Crippen molar-refractivity contribution in [3.63, 3.8) is 0 Å². The molecule has 1 N–H and O–H groups in total. The molecular formula is C18H21NO3. The fourth-order valence-corrected chi connectivity index (χ4v) is 4.44. The third-order valence-corrected chi connectivity index (χ3v) is 5.52. The van der Waals surface area contributed by atoms with E-state index in [0.717, 1.165) is 18.4 Å². The van der Waals surface area contributed by atoms with Crippen LogP contribution in [0, 0.1) is 11.8 Å². The van der Waals surface area contributed by atoms with Crippen LogP contribution in [0.5, 0.6) is 0 Å². The minimum absolute atomic E-state index is 0.0383. The summed E-state index contributed by atoms with van der Waals surface area (Å²) in [5.74, 6) is 0.534. The van der Waals surface area contributed by atoms with Crippen LogP contribution in [0.2, 0.25) is 0 Å². The third-order valence-electron chi connectivity index (χ3n) is 5.52. The van der Waals surface area contributed by atoms with Gasteiger partial charge in [0.2, 0.25) is 5.91 Å². The number of carbonyl (C=O) groups excluding carboxylic acids is 1. The van der Waals surface area contributed by atoms with E-state index in [0.29, 0.717) is 19.0 Å². The van der Waals surface area contributed by atoms with E-state index in [1.165, 1.54) is 0 Å². The molecule has 0 saturated carbocycles. The first-order valence-corrected chi connectivity index (χ1v) is 8.02. The van der Waals surface area contributed by atoms with Crippen LogP contribution < -0.4 is 0 Å². The number of fused-ring (bicyclic) bond motifs is 1. The molecule has 3 heterocycles. The average Bonchev–Trinajstić information content (AvgIpc) is 3.20. The Morgan fingerprint density at radius 1 is 1.41 bits per heavy atom.